The first-order valence-corrected chi connectivity index (χ1v) is 12.1. The fraction of sp³-hybridized carbons (Fsp3) is 0.556. The summed E-state index contributed by atoms with van der Waals surface area (Å²) in [7, 11) is 0. The highest BCUT2D eigenvalue weighted by Crippen LogP contribution is 2.33. The largest absolute Gasteiger partial charge is 0.348 e. The lowest BCUT2D eigenvalue weighted by Crippen LogP contribution is -2.48. The van der Waals surface area contributed by atoms with Crippen LogP contribution in [-0.4, -0.2) is 45.8 Å². The highest BCUT2D eigenvalue weighted by molar-refractivity contribution is 5.85. The second-order valence-corrected chi connectivity index (χ2v) is 10.6. The number of carbonyl (C=O) groups excluding carboxylic acids is 2. The second-order valence-electron chi connectivity index (χ2n) is 10.6. The fourth-order valence-electron chi connectivity index (χ4n) is 5.04. The minimum absolute atomic E-state index is 0.0321. The zero-order valence-corrected chi connectivity index (χ0v) is 20.7. The lowest BCUT2D eigenvalue weighted by molar-refractivity contribution is -0.142. The molecule has 5 nitrogen and oxygen atoms in total. The van der Waals surface area contributed by atoms with Gasteiger partial charge >= 0.3 is 0 Å². The molecule has 33 heavy (non-hydrogen) atoms. The molecule has 6 heteroatoms. The van der Waals surface area contributed by atoms with Gasteiger partial charge in [0.25, 0.3) is 0 Å². The Morgan fingerprint density at radius 1 is 1.18 bits per heavy atom. The van der Waals surface area contributed by atoms with Crippen LogP contribution in [0.3, 0.4) is 0 Å². The van der Waals surface area contributed by atoms with Crippen molar-refractivity contribution in [2.24, 2.45) is 11.3 Å². The number of hydrogen-bond acceptors (Lipinski definition) is 2. The number of fused-ring (bicyclic) bond motifs is 1. The van der Waals surface area contributed by atoms with Crippen molar-refractivity contribution in [3.63, 3.8) is 0 Å². The summed E-state index contributed by atoms with van der Waals surface area (Å²) < 4.78 is 16.2. The SMILES string of the molecule is CCCN(CC(=O)N1CCn2cccc2C1c1cccc(F)c1)C(=O)CC(C)CC(C)(C)C. The number of carbonyl (C=O) groups is 2. The first kappa shape index (κ1) is 25.0. The van der Waals surface area contributed by atoms with E-state index in [4.69, 9.17) is 0 Å². The summed E-state index contributed by atoms with van der Waals surface area (Å²) in [6.45, 7) is 12.5. The summed E-state index contributed by atoms with van der Waals surface area (Å²) in [6, 6.07) is 10.0. The van der Waals surface area contributed by atoms with Crippen LogP contribution in [0.2, 0.25) is 0 Å². The Hall–Kier alpha value is -2.63. The van der Waals surface area contributed by atoms with Crippen LogP contribution in [0.4, 0.5) is 4.39 Å². The molecule has 2 heterocycles. The number of benzene rings is 1. The van der Waals surface area contributed by atoms with Crippen LogP contribution in [0.5, 0.6) is 0 Å². The molecule has 0 radical (unpaired) electrons. The van der Waals surface area contributed by atoms with Gasteiger partial charge in [-0.05, 0) is 54.0 Å². The highest BCUT2D eigenvalue weighted by atomic mass is 19.1. The van der Waals surface area contributed by atoms with Crippen molar-refractivity contribution in [1.82, 2.24) is 14.4 Å². The summed E-state index contributed by atoms with van der Waals surface area (Å²) in [4.78, 5) is 30.1. The summed E-state index contributed by atoms with van der Waals surface area (Å²) in [5.74, 6) is -0.129. The lowest BCUT2D eigenvalue weighted by atomic mass is 9.84. The van der Waals surface area contributed by atoms with E-state index in [2.05, 4.69) is 32.3 Å². The van der Waals surface area contributed by atoms with E-state index in [1.54, 1.807) is 15.9 Å². The standard InChI is InChI=1S/C27H38FN3O2/c1-6-12-30(24(32)16-20(2)18-27(3,4)5)19-25(33)31-15-14-29-13-8-11-23(29)26(31)21-9-7-10-22(28)17-21/h7-11,13,17,20,26H,6,12,14-16,18-19H2,1-5H3. The Balaban J connectivity index is 1.79. The first-order valence-electron chi connectivity index (χ1n) is 12.1. The molecule has 3 rings (SSSR count). The van der Waals surface area contributed by atoms with Gasteiger partial charge < -0.3 is 14.4 Å². The zero-order chi connectivity index (χ0) is 24.2. The molecule has 0 aliphatic carbocycles. The van der Waals surface area contributed by atoms with Crippen molar-refractivity contribution in [2.45, 2.75) is 66.5 Å². The monoisotopic (exact) mass is 455 g/mol. The summed E-state index contributed by atoms with van der Waals surface area (Å²) in [5, 5.41) is 0. The average molecular weight is 456 g/mol. The third-order valence-corrected chi connectivity index (χ3v) is 6.18. The Morgan fingerprint density at radius 2 is 1.94 bits per heavy atom. The Morgan fingerprint density at radius 3 is 2.61 bits per heavy atom. The molecule has 1 aromatic carbocycles. The smallest absolute Gasteiger partial charge is 0.243 e. The topological polar surface area (TPSA) is 45.6 Å². The Kier molecular flexibility index (Phi) is 7.98. The molecule has 2 atom stereocenters. The van der Waals surface area contributed by atoms with Gasteiger partial charge in [0.05, 0.1) is 12.6 Å². The van der Waals surface area contributed by atoms with Crippen LogP contribution in [-0.2, 0) is 16.1 Å². The number of hydrogen-bond donors (Lipinski definition) is 0. The van der Waals surface area contributed by atoms with Gasteiger partial charge in [0.15, 0.2) is 0 Å². The second kappa shape index (κ2) is 10.5. The van der Waals surface area contributed by atoms with Crippen molar-refractivity contribution in [1.29, 1.82) is 0 Å². The normalized spacial score (nSPS) is 16.9. The van der Waals surface area contributed by atoms with Gasteiger partial charge in [-0.1, -0.05) is 46.8 Å². The van der Waals surface area contributed by atoms with Gasteiger partial charge in [0.1, 0.15) is 5.82 Å². The third kappa shape index (κ3) is 6.46. The van der Waals surface area contributed by atoms with Crippen molar-refractivity contribution in [3.05, 3.63) is 59.7 Å². The van der Waals surface area contributed by atoms with Crippen LogP contribution in [0, 0.1) is 17.2 Å². The van der Waals surface area contributed by atoms with E-state index >= 15 is 0 Å². The highest BCUT2D eigenvalue weighted by Gasteiger charge is 2.33. The fourth-order valence-corrected chi connectivity index (χ4v) is 5.04. The molecule has 1 aliphatic rings. The Bertz CT molecular complexity index is 962. The maximum Gasteiger partial charge on any atom is 0.243 e. The molecule has 2 unspecified atom stereocenters. The van der Waals surface area contributed by atoms with Gasteiger partial charge in [0.2, 0.25) is 11.8 Å². The third-order valence-electron chi connectivity index (χ3n) is 6.18. The average Bonchev–Trinajstić information content (AvgIpc) is 3.20. The quantitative estimate of drug-likeness (QED) is 0.545. The molecule has 0 saturated carbocycles. The molecule has 0 N–H and O–H groups in total. The number of rotatable bonds is 8. The predicted octanol–water partition coefficient (Wildman–Crippen LogP) is 5.26. The summed E-state index contributed by atoms with van der Waals surface area (Å²) in [6.07, 6.45) is 4.19. The molecule has 2 aromatic rings. The van der Waals surface area contributed by atoms with Gasteiger partial charge in [-0.3, -0.25) is 9.59 Å². The molecular formula is C27H38FN3O2. The van der Waals surface area contributed by atoms with Crippen molar-refractivity contribution in [3.8, 4) is 0 Å². The molecule has 180 valence electrons. The summed E-state index contributed by atoms with van der Waals surface area (Å²) in [5.41, 5.74) is 1.87. The lowest BCUT2D eigenvalue weighted by Gasteiger charge is -2.38. The molecule has 1 aromatic heterocycles. The van der Waals surface area contributed by atoms with Crippen LogP contribution in [0.25, 0.3) is 0 Å². The molecule has 0 fully saturated rings. The zero-order valence-electron chi connectivity index (χ0n) is 20.7. The maximum absolute atomic E-state index is 14.0. The first-order chi connectivity index (χ1) is 15.6. The van der Waals surface area contributed by atoms with E-state index in [-0.39, 0.29) is 41.6 Å². The van der Waals surface area contributed by atoms with Crippen molar-refractivity contribution >= 4 is 11.8 Å². The van der Waals surface area contributed by atoms with E-state index in [9.17, 15) is 14.0 Å². The minimum Gasteiger partial charge on any atom is -0.348 e. The molecule has 0 bridgehead atoms. The number of aromatic nitrogens is 1. The maximum atomic E-state index is 14.0. The molecule has 1 aliphatic heterocycles. The van der Waals surface area contributed by atoms with E-state index in [0.29, 0.717) is 26.1 Å². The van der Waals surface area contributed by atoms with Gasteiger partial charge in [-0.25, -0.2) is 4.39 Å². The minimum atomic E-state index is -0.365. The number of amides is 2. The molecular weight excluding hydrogens is 417 g/mol. The molecule has 2 amide bonds. The number of halogens is 1. The van der Waals surface area contributed by atoms with Crippen LogP contribution < -0.4 is 0 Å². The van der Waals surface area contributed by atoms with Gasteiger partial charge in [-0.15, -0.1) is 0 Å². The van der Waals surface area contributed by atoms with E-state index in [1.165, 1.54) is 12.1 Å². The van der Waals surface area contributed by atoms with Crippen LogP contribution in [0.15, 0.2) is 42.6 Å². The van der Waals surface area contributed by atoms with E-state index < -0.39 is 0 Å². The molecule has 0 spiro atoms. The van der Waals surface area contributed by atoms with Crippen molar-refractivity contribution < 1.29 is 14.0 Å². The van der Waals surface area contributed by atoms with Crippen LogP contribution >= 0.6 is 0 Å². The van der Waals surface area contributed by atoms with Gasteiger partial charge in [-0.2, -0.15) is 0 Å². The van der Waals surface area contributed by atoms with Gasteiger partial charge in [0, 0.05) is 37.9 Å². The van der Waals surface area contributed by atoms with E-state index in [0.717, 1.165) is 24.1 Å². The van der Waals surface area contributed by atoms with E-state index in [1.807, 2.05) is 31.3 Å². The molecule has 0 saturated heterocycles. The van der Waals surface area contributed by atoms with Crippen molar-refractivity contribution in [2.75, 3.05) is 19.6 Å². The number of nitrogens with zero attached hydrogens (tertiary/aromatic N) is 3. The Labute approximate surface area is 197 Å². The summed E-state index contributed by atoms with van der Waals surface area (Å²) >= 11 is 0. The predicted molar refractivity (Wildman–Crippen MR) is 129 cm³/mol. The van der Waals surface area contributed by atoms with Crippen LogP contribution in [0.1, 0.15) is 71.2 Å².